The summed E-state index contributed by atoms with van der Waals surface area (Å²) in [5.74, 6) is 1.24. The molecule has 9 heteroatoms. The summed E-state index contributed by atoms with van der Waals surface area (Å²) in [5, 5.41) is 13.0. The van der Waals surface area contributed by atoms with Crippen LogP contribution in [-0.4, -0.2) is 26.4 Å². The van der Waals surface area contributed by atoms with Crippen LogP contribution in [0, 0.1) is 0 Å². The van der Waals surface area contributed by atoms with E-state index in [-0.39, 0.29) is 12.5 Å². The summed E-state index contributed by atoms with van der Waals surface area (Å²) in [6, 6.07) is 12.6. The van der Waals surface area contributed by atoms with Gasteiger partial charge in [-0.2, -0.15) is 0 Å². The lowest BCUT2D eigenvalue weighted by Gasteiger charge is -2.11. The van der Waals surface area contributed by atoms with E-state index in [1.165, 1.54) is 0 Å². The van der Waals surface area contributed by atoms with Gasteiger partial charge in [0.15, 0.2) is 11.0 Å². The van der Waals surface area contributed by atoms with Crippen LogP contribution in [0.25, 0.3) is 5.69 Å². The van der Waals surface area contributed by atoms with E-state index in [9.17, 15) is 4.79 Å². The summed E-state index contributed by atoms with van der Waals surface area (Å²) in [4.78, 5) is 12.5. The number of nitrogens with one attached hydrogen (secondary N) is 1. The third kappa shape index (κ3) is 5.08. The molecule has 0 bridgehead atoms. The van der Waals surface area contributed by atoms with Gasteiger partial charge in [-0.1, -0.05) is 57.8 Å². The predicted molar refractivity (Wildman–Crippen MR) is 118 cm³/mol. The Morgan fingerprint density at radius 1 is 1.18 bits per heavy atom. The maximum atomic E-state index is 12.5. The normalized spacial score (nSPS) is 10.9. The summed E-state index contributed by atoms with van der Waals surface area (Å²) in [6.45, 7) is 2.32. The zero-order valence-corrected chi connectivity index (χ0v) is 18.9. The summed E-state index contributed by atoms with van der Waals surface area (Å²) in [5.41, 5.74) is 1.25. The highest BCUT2D eigenvalue weighted by atomic mass is 79.9. The van der Waals surface area contributed by atoms with E-state index >= 15 is 0 Å². The molecule has 0 atom stereocenters. The second-order valence-corrected chi connectivity index (χ2v) is 8.69. The van der Waals surface area contributed by atoms with Crippen molar-refractivity contribution in [2.24, 2.45) is 0 Å². The summed E-state index contributed by atoms with van der Waals surface area (Å²) in [7, 11) is 0. The highest BCUT2D eigenvalue weighted by molar-refractivity contribution is 9.10. The van der Waals surface area contributed by atoms with Gasteiger partial charge in [0.1, 0.15) is 0 Å². The van der Waals surface area contributed by atoms with Crippen LogP contribution < -0.4 is 5.32 Å². The number of hydrogen-bond acceptors (Lipinski definition) is 4. The second kappa shape index (κ2) is 9.78. The first-order chi connectivity index (χ1) is 13.5. The van der Waals surface area contributed by atoms with E-state index < -0.39 is 0 Å². The molecule has 3 rings (SSSR count). The van der Waals surface area contributed by atoms with Gasteiger partial charge in [-0.15, -0.1) is 10.2 Å². The SMILES string of the molecule is CCCSc1nnc(CNC(=O)c2cc(Cl)ccc2Cl)n1-c1ccc(Br)cc1. The zero-order valence-electron chi connectivity index (χ0n) is 15.0. The van der Waals surface area contributed by atoms with E-state index in [1.807, 2.05) is 28.8 Å². The standard InChI is InChI=1S/C19H17BrCl2N4OS/c1-2-9-28-19-25-24-17(26(19)14-6-3-12(20)4-7-14)11-23-18(27)15-10-13(21)5-8-16(15)22/h3-8,10H,2,9,11H2,1H3,(H,23,27). The van der Waals surface area contributed by atoms with Gasteiger partial charge in [0, 0.05) is 20.9 Å². The molecule has 0 saturated heterocycles. The minimum absolute atomic E-state index is 0.206. The lowest BCUT2D eigenvalue weighted by molar-refractivity contribution is 0.0950. The van der Waals surface area contributed by atoms with Crippen LogP contribution in [0.5, 0.6) is 0 Å². The number of hydrogen-bond donors (Lipinski definition) is 1. The fourth-order valence-electron chi connectivity index (χ4n) is 2.48. The van der Waals surface area contributed by atoms with Gasteiger partial charge >= 0.3 is 0 Å². The first kappa shape index (κ1) is 21.2. The van der Waals surface area contributed by atoms with Crippen molar-refractivity contribution in [3.05, 3.63) is 68.4 Å². The molecule has 0 saturated carbocycles. The Hall–Kier alpha value is -1.54. The first-order valence-corrected chi connectivity index (χ1v) is 11.1. The molecule has 0 fully saturated rings. The minimum Gasteiger partial charge on any atom is -0.345 e. The molecular weight excluding hydrogens is 483 g/mol. The highest BCUT2D eigenvalue weighted by Crippen LogP contribution is 2.24. The molecule has 5 nitrogen and oxygen atoms in total. The van der Waals surface area contributed by atoms with Crippen molar-refractivity contribution >= 4 is 56.8 Å². The largest absolute Gasteiger partial charge is 0.345 e. The van der Waals surface area contributed by atoms with Gasteiger partial charge < -0.3 is 5.32 Å². The average molecular weight is 500 g/mol. The molecule has 1 amide bonds. The van der Waals surface area contributed by atoms with E-state index in [1.54, 1.807) is 30.0 Å². The van der Waals surface area contributed by atoms with E-state index in [4.69, 9.17) is 23.2 Å². The van der Waals surface area contributed by atoms with E-state index in [0.29, 0.717) is 21.4 Å². The van der Waals surface area contributed by atoms with Gasteiger partial charge in [-0.3, -0.25) is 9.36 Å². The average Bonchev–Trinajstić information content (AvgIpc) is 3.09. The maximum Gasteiger partial charge on any atom is 0.253 e. The topological polar surface area (TPSA) is 59.8 Å². The van der Waals surface area contributed by atoms with E-state index in [0.717, 1.165) is 27.5 Å². The van der Waals surface area contributed by atoms with Crippen molar-refractivity contribution in [1.82, 2.24) is 20.1 Å². The van der Waals surface area contributed by atoms with Crippen molar-refractivity contribution in [1.29, 1.82) is 0 Å². The molecule has 3 aromatic rings. The molecule has 146 valence electrons. The second-order valence-electron chi connectivity index (χ2n) is 5.87. The van der Waals surface area contributed by atoms with Crippen molar-refractivity contribution in [3.63, 3.8) is 0 Å². The maximum absolute atomic E-state index is 12.5. The van der Waals surface area contributed by atoms with Crippen LogP contribution >= 0.6 is 50.9 Å². The number of carbonyl (C=O) groups excluding carboxylic acids is 1. The molecule has 28 heavy (non-hydrogen) atoms. The Kier molecular flexibility index (Phi) is 7.40. The number of halogens is 3. The van der Waals surface area contributed by atoms with Crippen LogP contribution in [0.1, 0.15) is 29.5 Å². The molecule has 2 aromatic carbocycles. The molecule has 0 aliphatic rings. The third-order valence-corrected chi connectivity index (χ3v) is 6.03. The zero-order chi connectivity index (χ0) is 20.1. The van der Waals surface area contributed by atoms with Crippen LogP contribution in [0.3, 0.4) is 0 Å². The molecular formula is C19H17BrCl2N4OS. The number of thioether (sulfide) groups is 1. The monoisotopic (exact) mass is 498 g/mol. The van der Waals surface area contributed by atoms with Crippen LogP contribution in [0.15, 0.2) is 52.1 Å². The molecule has 0 aliphatic heterocycles. The number of rotatable bonds is 7. The number of aromatic nitrogens is 3. The van der Waals surface area contributed by atoms with E-state index in [2.05, 4.69) is 38.4 Å². The van der Waals surface area contributed by atoms with Gasteiger partial charge in [0.2, 0.25) is 0 Å². The molecule has 1 heterocycles. The summed E-state index contributed by atoms with van der Waals surface area (Å²) >= 11 is 17.2. The minimum atomic E-state index is -0.319. The fourth-order valence-corrected chi connectivity index (χ4v) is 3.94. The van der Waals surface area contributed by atoms with Crippen LogP contribution in [0.4, 0.5) is 0 Å². The van der Waals surface area contributed by atoms with Gasteiger partial charge in [-0.25, -0.2) is 0 Å². The molecule has 0 unspecified atom stereocenters. The third-order valence-electron chi connectivity index (χ3n) is 3.80. The van der Waals surface area contributed by atoms with Crippen LogP contribution in [0.2, 0.25) is 10.0 Å². The Morgan fingerprint density at radius 2 is 1.93 bits per heavy atom. The lowest BCUT2D eigenvalue weighted by atomic mass is 10.2. The summed E-state index contributed by atoms with van der Waals surface area (Å²) in [6.07, 6.45) is 1.02. The Balaban J connectivity index is 1.85. The Bertz CT molecular complexity index is 979. The molecule has 0 spiro atoms. The fraction of sp³-hybridized carbons (Fsp3) is 0.211. The highest BCUT2D eigenvalue weighted by Gasteiger charge is 2.17. The van der Waals surface area contributed by atoms with Crippen molar-refractivity contribution in [2.45, 2.75) is 25.0 Å². The predicted octanol–water partition coefficient (Wildman–Crippen LogP) is 5.77. The van der Waals surface area contributed by atoms with Crippen molar-refractivity contribution in [3.8, 4) is 5.69 Å². The summed E-state index contributed by atoms with van der Waals surface area (Å²) < 4.78 is 2.93. The van der Waals surface area contributed by atoms with Gasteiger partial charge in [0.05, 0.1) is 17.1 Å². The Labute approximate surface area is 186 Å². The lowest BCUT2D eigenvalue weighted by Crippen LogP contribution is -2.25. The van der Waals surface area contributed by atoms with Gasteiger partial charge in [0.25, 0.3) is 5.91 Å². The quantitative estimate of drug-likeness (QED) is 0.419. The number of amides is 1. The number of carbonyl (C=O) groups is 1. The molecule has 0 radical (unpaired) electrons. The Morgan fingerprint density at radius 3 is 2.64 bits per heavy atom. The molecule has 1 N–H and O–H groups in total. The molecule has 1 aromatic heterocycles. The first-order valence-electron chi connectivity index (χ1n) is 8.56. The van der Waals surface area contributed by atoms with Crippen molar-refractivity contribution < 1.29 is 4.79 Å². The number of benzene rings is 2. The van der Waals surface area contributed by atoms with Gasteiger partial charge in [-0.05, 0) is 48.9 Å². The van der Waals surface area contributed by atoms with Crippen LogP contribution in [-0.2, 0) is 6.54 Å². The van der Waals surface area contributed by atoms with Crippen molar-refractivity contribution in [2.75, 3.05) is 5.75 Å². The number of nitrogens with zero attached hydrogens (tertiary/aromatic N) is 3. The molecule has 0 aliphatic carbocycles. The smallest absolute Gasteiger partial charge is 0.253 e.